The lowest BCUT2D eigenvalue weighted by molar-refractivity contribution is -0.0498. The third-order valence-corrected chi connectivity index (χ3v) is 5.56. The number of carbonyl (C=O) groups is 2. The van der Waals surface area contributed by atoms with Gasteiger partial charge < -0.3 is 15.2 Å². The van der Waals surface area contributed by atoms with Gasteiger partial charge in [-0.25, -0.2) is 4.79 Å². The number of amides is 1. The van der Waals surface area contributed by atoms with Crippen LogP contribution in [-0.4, -0.2) is 23.6 Å². The maximum absolute atomic E-state index is 12.4. The highest BCUT2D eigenvalue weighted by Gasteiger charge is 2.26. The Morgan fingerprint density at radius 2 is 1.81 bits per heavy atom. The van der Waals surface area contributed by atoms with Crippen molar-refractivity contribution in [1.29, 1.82) is 0 Å². The van der Waals surface area contributed by atoms with Crippen molar-refractivity contribution in [3.63, 3.8) is 0 Å². The van der Waals surface area contributed by atoms with Crippen LogP contribution >= 0.6 is 11.3 Å². The number of ether oxygens (including phenoxy) is 1. The molecule has 2 aromatic rings. The number of benzene rings is 1. The van der Waals surface area contributed by atoms with Crippen LogP contribution in [0.25, 0.3) is 0 Å². The molecule has 1 heterocycles. The molecule has 1 aromatic heterocycles. The van der Waals surface area contributed by atoms with E-state index >= 15 is 0 Å². The van der Waals surface area contributed by atoms with Crippen molar-refractivity contribution in [2.24, 2.45) is 0 Å². The number of alkyl halides is 2. The van der Waals surface area contributed by atoms with E-state index in [-0.39, 0.29) is 22.8 Å². The monoisotopic (exact) mass is 395 g/mol. The molecule has 1 aromatic carbocycles. The summed E-state index contributed by atoms with van der Waals surface area (Å²) in [5, 5.41) is 14.4. The van der Waals surface area contributed by atoms with Crippen LogP contribution in [-0.2, 0) is 0 Å². The number of halogens is 2. The summed E-state index contributed by atoms with van der Waals surface area (Å²) in [7, 11) is 0. The summed E-state index contributed by atoms with van der Waals surface area (Å²) >= 11 is 1.20. The number of carboxylic acid groups (broad SMARTS) is 1. The maximum atomic E-state index is 12.4. The van der Waals surface area contributed by atoms with Gasteiger partial charge in [0.1, 0.15) is 10.8 Å². The minimum absolute atomic E-state index is 0.0523. The van der Waals surface area contributed by atoms with Crippen molar-refractivity contribution >= 4 is 28.2 Å². The van der Waals surface area contributed by atoms with Crippen LogP contribution in [0.15, 0.2) is 29.6 Å². The van der Waals surface area contributed by atoms with Crippen LogP contribution in [0.2, 0.25) is 0 Å². The molecule has 0 spiro atoms. The smallest absolute Gasteiger partial charge is 0.387 e. The molecule has 0 bridgehead atoms. The minimum atomic E-state index is -2.94. The second-order valence-electron chi connectivity index (χ2n) is 6.39. The van der Waals surface area contributed by atoms with Gasteiger partial charge in [0.15, 0.2) is 0 Å². The van der Waals surface area contributed by atoms with Gasteiger partial charge in [-0.05, 0) is 54.0 Å². The summed E-state index contributed by atoms with van der Waals surface area (Å²) in [5.41, 5.74) is 1.15. The number of carboxylic acids is 1. The molecule has 8 heteroatoms. The maximum Gasteiger partial charge on any atom is 0.387 e. The predicted octanol–water partition coefficient (Wildman–Crippen LogP) is 5.35. The fourth-order valence-electron chi connectivity index (χ4n) is 3.36. The van der Waals surface area contributed by atoms with Crippen molar-refractivity contribution in [2.45, 2.75) is 44.6 Å². The summed E-state index contributed by atoms with van der Waals surface area (Å²) in [6, 6.07) is 5.23. The molecular formula is C19H19F2NO4S. The highest BCUT2D eigenvalue weighted by molar-refractivity contribution is 7.15. The van der Waals surface area contributed by atoms with Gasteiger partial charge >= 0.3 is 12.6 Å². The van der Waals surface area contributed by atoms with Crippen LogP contribution in [0.3, 0.4) is 0 Å². The fraction of sp³-hybridized carbons (Fsp3) is 0.368. The van der Waals surface area contributed by atoms with Crippen LogP contribution < -0.4 is 10.1 Å². The number of anilines is 1. The quantitative estimate of drug-likeness (QED) is 0.692. The molecule has 1 aliphatic carbocycles. The van der Waals surface area contributed by atoms with Gasteiger partial charge in [0.05, 0.1) is 5.56 Å². The van der Waals surface area contributed by atoms with Crippen molar-refractivity contribution in [2.75, 3.05) is 5.32 Å². The molecule has 3 rings (SSSR count). The first-order chi connectivity index (χ1) is 13.0. The zero-order chi connectivity index (χ0) is 19.4. The number of hydrogen-bond acceptors (Lipinski definition) is 4. The number of rotatable bonds is 6. The fourth-order valence-corrected chi connectivity index (χ4v) is 4.39. The standard InChI is InChI=1S/C19H19F2NO4S/c20-19(21)26-13-8-6-12(7-9-13)16(23)22-17-15(18(24)25)14(10-27-17)11-4-2-1-3-5-11/h6-11,19H,1-5H2,(H,22,23)(H,24,25). The summed E-state index contributed by atoms with van der Waals surface area (Å²) < 4.78 is 28.6. The molecule has 0 unspecified atom stereocenters. The number of thiophene rings is 1. The molecule has 0 radical (unpaired) electrons. The van der Waals surface area contributed by atoms with E-state index in [0.717, 1.165) is 37.7 Å². The second-order valence-corrected chi connectivity index (χ2v) is 7.27. The molecule has 0 atom stereocenters. The number of carbonyl (C=O) groups excluding carboxylic acids is 1. The summed E-state index contributed by atoms with van der Waals surface area (Å²) in [5.74, 6) is -1.41. The van der Waals surface area contributed by atoms with Crippen molar-refractivity contribution in [3.05, 3.63) is 46.3 Å². The van der Waals surface area contributed by atoms with Crippen LogP contribution in [0.1, 0.15) is 64.3 Å². The van der Waals surface area contributed by atoms with Crippen molar-refractivity contribution < 1.29 is 28.2 Å². The SMILES string of the molecule is O=C(Nc1scc(C2CCCCC2)c1C(=O)O)c1ccc(OC(F)F)cc1. The van der Waals surface area contributed by atoms with Gasteiger partial charge in [0.2, 0.25) is 0 Å². The predicted molar refractivity (Wildman–Crippen MR) is 98.1 cm³/mol. The zero-order valence-electron chi connectivity index (χ0n) is 14.4. The number of aromatic carboxylic acids is 1. The van der Waals surface area contributed by atoms with Crippen molar-refractivity contribution in [3.8, 4) is 5.75 Å². The molecule has 144 valence electrons. The van der Waals surface area contributed by atoms with E-state index in [2.05, 4.69) is 10.1 Å². The Labute approximate surface area is 159 Å². The molecule has 0 saturated heterocycles. The Hall–Kier alpha value is -2.48. The van der Waals surface area contributed by atoms with E-state index in [1.807, 2.05) is 5.38 Å². The van der Waals surface area contributed by atoms with Gasteiger partial charge in [0.25, 0.3) is 5.91 Å². The Bertz CT molecular complexity index is 814. The van der Waals surface area contributed by atoms with Gasteiger partial charge in [-0.15, -0.1) is 11.3 Å². The van der Waals surface area contributed by atoms with Crippen molar-refractivity contribution in [1.82, 2.24) is 0 Å². The average Bonchev–Trinajstić information content (AvgIpc) is 3.06. The molecule has 27 heavy (non-hydrogen) atoms. The molecule has 1 amide bonds. The zero-order valence-corrected chi connectivity index (χ0v) is 15.2. The molecule has 1 saturated carbocycles. The van der Waals surface area contributed by atoms with Gasteiger partial charge in [-0.3, -0.25) is 4.79 Å². The average molecular weight is 395 g/mol. The summed E-state index contributed by atoms with van der Waals surface area (Å²) in [4.78, 5) is 24.2. The van der Waals surface area contributed by atoms with Gasteiger partial charge in [-0.2, -0.15) is 8.78 Å². The Balaban J connectivity index is 1.77. The van der Waals surface area contributed by atoms with Crippen LogP contribution in [0.5, 0.6) is 5.75 Å². The molecular weight excluding hydrogens is 376 g/mol. The van der Waals surface area contributed by atoms with E-state index in [4.69, 9.17) is 0 Å². The lowest BCUT2D eigenvalue weighted by Gasteiger charge is -2.21. The molecule has 2 N–H and O–H groups in total. The Kier molecular flexibility index (Phi) is 6.05. The van der Waals surface area contributed by atoms with Gasteiger partial charge in [-0.1, -0.05) is 19.3 Å². The number of nitrogens with one attached hydrogen (secondary N) is 1. The highest BCUT2D eigenvalue weighted by Crippen LogP contribution is 2.40. The largest absolute Gasteiger partial charge is 0.478 e. The van der Waals surface area contributed by atoms with E-state index in [9.17, 15) is 23.5 Å². The first kappa shape index (κ1) is 19.3. The molecule has 5 nitrogen and oxygen atoms in total. The minimum Gasteiger partial charge on any atom is -0.478 e. The molecule has 0 aliphatic heterocycles. The van der Waals surface area contributed by atoms with Gasteiger partial charge in [0, 0.05) is 5.56 Å². The lowest BCUT2D eigenvalue weighted by atomic mass is 9.83. The summed E-state index contributed by atoms with van der Waals surface area (Å²) in [6.07, 6.45) is 5.23. The highest BCUT2D eigenvalue weighted by atomic mass is 32.1. The third kappa shape index (κ3) is 4.63. The lowest BCUT2D eigenvalue weighted by Crippen LogP contribution is -2.15. The first-order valence-electron chi connectivity index (χ1n) is 8.66. The molecule has 1 fully saturated rings. The van der Waals surface area contributed by atoms with Crippen LogP contribution in [0, 0.1) is 0 Å². The molecule has 1 aliphatic rings. The first-order valence-corrected chi connectivity index (χ1v) is 9.54. The Morgan fingerprint density at radius 3 is 2.41 bits per heavy atom. The van der Waals surface area contributed by atoms with E-state index in [0.29, 0.717) is 5.00 Å². The Morgan fingerprint density at radius 1 is 1.15 bits per heavy atom. The van der Waals surface area contributed by atoms with E-state index in [1.54, 1.807) is 0 Å². The van der Waals surface area contributed by atoms with E-state index in [1.165, 1.54) is 35.6 Å². The third-order valence-electron chi connectivity index (χ3n) is 4.65. The normalized spacial score (nSPS) is 14.9. The van der Waals surface area contributed by atoms with Crippen LogP contribution in [0.4, 0.5) is 13.8 Å². The topological polar surface area (TPSA) is 75.6 Å². The van der Waals surface area contributed by atoms with E-state index < -0.39 is 18.5 Å². The second kappa shape index (κ2) is 8.47. The summed E-state index contributed by atoms with van der Waals surface area (Å²) in [6.45, 7) is -2.94. The number of hydrogen-bond donors (Lipinski definition) is 2.